The van der Waals surface area contributed by atoms with Crippen molar-refractivity contribution in [3.63, 3.8) is 0 Å². The molecule has 3 atom stereocenters. The second-order valence-corrected chi connectivity index (χ2v) is 3.33. The monoisotopic (exact) mass is 158 g/mol. The van der Waals surface area contributed by atoms with Crippen molar-refractivity contribution in [3.05, 3.63) is 0 Å². The van der Waals surface area contributed by atoms with Gasteiger partial charge in [0.05, 0.1) is 0 Å². The molecule has 0 aromatic carbocycles. The summed E-state index contributed by atoms with van der Waals surface area (Å²) in [5.41, 5.74) is -0.402. The maximum Gasteiger partial charge on any atom is 0.335 e. The van der Waals surface area contributed by atoms with E-state index in [2.05, 4.69) is 0 Å². The van der Waals surface area contributed by atoms with Gasteiger partial charge in [-0.25, -0.2) is 4.79 Å². The number of hydrogen-bond donors (Lipinski definition) is 1. The van der Waals surface area contributed by atoms with Crippen LogP contribution >= 0.6 is 0 Å². The third kappa shape index (κ3) is 1.25. The minimum absolute atomic E-state index is 0.323. The molecule has 1 rings (SSSR count). The Morgan fingerprint density at radius 1 is 1.82 bits per heavy atom. The average molecular weight is 158 g/mol. The highest BCUT2D eigenvalue weighted by Gasteiger charge is 2.59. The Morgan fingerprint density at radius 3 is 2.64 bits per heavy atom. The smallest absolute Gasteiger partial charge is 0.335 e. The quantitative estimate of drug-likeness (QED) is 0.629. The summed E-state index contributed by atoms with van der Waals surface area (Å²) in [5, 5.41) is 8.61. The van der Waals surface area contributed by atoms with E-state index < -0.39 is 17.7 Å². The van der Waals surface area contributed by atoms with Crippen molar-refractivity contribution in [2.75, 3.05) is 0 Å². The highest BCUT2D eigenvalue weighted by Crippen LogP contribution is 2.43. The molecular weight excluding hydrogens is 144 g/mol. The van der Waals surface area contributed by atoms with Crippen LogP contribution < -0.4 is 0 Å². The van der Waals surface area contributed by atoms with Crippen molar-refractivity contribution in [3.8, 4) is 0 Å². The summed E-state index contributed by atoms with van der Waals surface area (Å²) in [4.78, 5) is 10.5. The third-order valence-electron chi connectivity index (χ3n) is 2.65. The number of hydrogen-bond acceptors (Lipinski definition) is 2. The average Bonchev–Trinajstić information content (AvgIpc) is 2.62. The number of carbonyl (C=O) groups is 1. The van der Waals surface area contributed by atoms with E-state index in [1.54, 1.807) is 0 Å². The van der Waals surface area contributed by atoms with Gasteiger partial charge in [-0.3, -0.25) is 0 Å². The SMILES string of the molecule is CC[C@H](C)[C@]1(C)O[C@H]1C(=O)O. The van der Waals surface area contributed by atoms with Gasteiger partial charge in [0.15, 0.2) is 6.10 Å². The van der Waals surface area contributed by atoms with Gasteiger partial charge in [0.2, 0.25) is 0 Å². The fourth-order valence-electron chi connectivity index (χ4n) is 1.30. The molecule has 3 nitrogen and oxygen atoms in total. The lowest BCUT2D eigenvalue weighted by atomic mass is 9.90. The van der Waals surface area contributed by atoms with Gasteiger partial charge in [0.25, 0.3) is 0 Å². The summed E-state index contributed by atoms with van der Waals surface area (Å²) >= 11 is 0. The van der Waals surface area contributed by atoms with Gasteiger partial charge in [-0.05, 0) is 12.8 Å². The molecule has 1 aliphatic rings. The van der Waals surface area contributed by atoms with Crippen molar-refractivity contribution in [1.82, 2.24) is 0 Å². The summed E-state index contributed by atoms with van der Waals surface area (Å²) in [7, 11) is 0. The van der Waals surface area contributed by atoms with Crippen LogP contribution in [0.5, 0.6) is 0 Å². The summed E-state index contributed by atoms with van der Waals surface area (Å²) in [6.45, 7) is 5.92. The molecule has 0 saturated carbocycles. The van der Waals surface area contributed by atoms with E-state index in [0.29, 0.717) is 5.92 Å². The lowest BCUT2D eigenvalue weighted by Crippen LogP contribution is -2.24. The molecule has 0 aromatic rings. The highest BCUT2D eigenvalue weighted by atomic mass is 16.6. The maximum absolute atomic E-state index is 10.5. The van der Waals surface area contributed by atoms with Gasteiger partial charge in [-0.1, -0.05) is 20.3 Å². The number of aliphatic carboxylic acids is 1. The summed E-state index contributed by atoms with van der Waals surface area (Å²) in [5.74, 6) is -0.517. The second-order valence-electron chi connectivity index (χ2n) is 3.33. The molecule has 1 saturated heterocycles. The standard InChI is InChI=1S/C8H14O3/c1-4-5(2)8(3)6(11-8)7(9)10/h5-6H,4H2,1-3H3,(H,9,10)/t5-,6-,8-/m0/s1. The van der Waals surface area contributed by atoms with Crippen LogP contribution in [-0.2, 0) is 9.53 Å². The number of carboxylic acids is 1. The lowest BCUT2D eigenvalue weighted by Gasteiger charge is -2.12. The maximum atomic E-state index is 10.5. The van der Waals surface area contributed by atoms with Crippen LogP contribution in [-0.4, -0.2) is 22.8 Å². The molecule has 0 aliphatic carbocycles. The summed E-state index contributed by atoms with van der Waals surface area (Å²) in [6.07, 6.45) is 0.387. The van der Waals surface area contributed by atoms with Gasteiger partial charge in [-0.2, -0.15) is 0 Å². The van der Waals surface area contributed by atoms with Crippen molar-refractivity contribution < 1.29 is 14.6 Å². The zero-order chi connectivity index (χ0) is 8.65. The molecule has 0 unspecified atom stereocenters. The van der Waals surface area contributed by atoms with Crippen molar-refractivity contribution in [2.45, 2.75) is 38.9 Å². The first-order chi connectivity index (χ1) is 5.02. The molecule has 1 N–H and O–H groups in total. The van der Waals surface area contributed by atoms with Crippen LogP contribution in [0, 0.1) is 5.92 Å². The van der Waals surface area contributed by atoms with E-state index in [9.17, 15) is 4.79 Å². The zero-order valence-electron chi connectivity index (χ0n) is 7.13. The fraction of sp³-hybridized carbons (Fsp3) is 0.875. The first-order valence-electron chi connectivity index (χ1n) is 3.93. The molecule has 11 heavy (non-hydrogen) atoms. The van der Waals surface area contributed by atoms with Crippen LogP contribution in [0.4, 0.5) is 0 Å². The van der Waals surface area contributed by atoms with Crippen molar-refractivity contribution in [2.24, 2.45) is 5.92 Å². The van der Waals surface area contributed by atoms with E-state index >= 15 is 0 Å². The predicted octanol–water partition coefficient (Wildman–Crippen LogP) is 1.27. The summed E-state index contributed by atoms with van der Waals surface area (Å²) < 4.78 is 5.12. The van der Waals surface area contributed by atoms with Crippen LogP contribution in [0.1, 0.15) is 27.2 Å². The minimum atomic E-state index is -0.840. The number of ether oxygens (including phenoxy) is 1. The molecule has 0 aromatic heterocycles. The molecule has 3 heteroatoms. The van der Waals surface area contributed by atoms with Crippen LogP contribution in [0.2, 0.25) is 0 Å². The Labute approximate surface area is 66.4 Å². The Morgan fingerprint density at radius 2 is 2.36 bits per heavy atom. The van der Waals surface area contributed by atoms with Gasteiger partial charge < -0.3 is 9.84 Å². The molecule has 1 fully saturated rings. The summed E-state index contributed by atoms with van der Waals surface area (Å²) in [6, 6.07) is 0. The van der Waals surface area contributed by atoms with E-state index in [-0.39, 0.29) is 0 Å². The van der Waals surface area contributed by atoms with Gasteiger partial charge in [0.1, 0.15) is 5.60 Å². The van der Waals surface area contributed by atoms with E-state index in [4.69, 9.17) is 9.84 Å². The van der Waals surface area contributed by atoms with E-state index in [1.165, 1.54) is 0 Å². The van der Waals surface area contributed by atoms with Crippen LogP contribution in [0.15, 0.2) is 0 Å². The first-order valence-corrected chi connectivity index (χ1v) is 3.93. The zero-order valence-corrected chi connectivity index (χ0v) is 7.13. The molecule has 1 aliphatic heterocycles. The highest BCUT2D eigenvalue weighted by molar-refractivity contribution is 5.77. The predicted molar refractivity (Wildman–Crippen MR) is 40.4 cm³/mol. The number of carboxylic acid groups (broad SMARTS) is 1. The van der Waals surface area contributed by atoms with Gasteiger partial charge >= 0.3 is 5.97 Å². The number of epoxide rings is 1. The Balaban J connectivity index is 2.55. The first kappa shape index (κ1) is 8.53. The van der Waals surface area contributed by atoms with Gasteiger partial charge in [0, 0.05) is 0 Å². The van der Waals surface area contributed by atoms with E-state index in [0.717, 1.165) is 6.42 Å². The molecule has 0 spiro atoms. The van der Waals surface area contributed by atoms with Crippen LogP contribution in [0.25, 0.3) is 0 Å². The normalized spacial score (nSPS) is 38.3. The second kappa shape index (κ2) is 2.48. The fourth-order valence-corrected chi connectivity index (χ4v) is 1.30. The molecule has 64 valence electrons. The third-order valence-corrected chi connectivity index (χ3v) is 2.65. The van der Waals surface area contributed by atoms with E-state index in [1.807, 2.05) is 20.8 Å². The molecule has 1 heterocycles. The van der Waals surface area contributed by atoms with Crippen molar-refractivity contribution >= 4 is 5.97 Å². The van der Waals surface area contributed by atoms with Crippen molar-refractivity contribution in [1.29, 1.82) is 0 Å². The van der Waals surface area contributed by atoms with Gasteiger partial charge in [-0.15, -0.1) is 0 Å². The van der Waals surface area contributed by atoms with Crippen LogP contribution in [0.3, 0.4) is 0 Å². The topological polar surface area (TPSA) is 49.8 Å². The number of rotatable bonds is 3. The largest absolute Gasteiger partial charge is 0.479 e. The lowest BCUT2D eigenvalue weighted by molar-refractivity contribution is -0.138. The molecule has 0 radical (unpaired) electrons. The Bertz CT molecular complexity index is 178. The molecule has 0 amide bonds. The Kier molecular flexibility index (Phi) is 1.92. The minimum Gasteiger partial charge on any atom is -0.479 e. The molecular formula is C8H14O3. The molecule has 0 bridgehead atoms. The Hall–Kier alpha value is -0.570.